The van der Waals surface area contributed by atoms with Crippen LogP contribution in [0, 0.1) is 0 Å². The van der Waals surface area contributed by atoms with Gasteiger partial charge in [-0.1, -0.05) is 0 Å². The minimum absolute atomic E-state index is 0.0906. The Bertz CT molecular complexity index is 922. The number of carbonyl (C=O) groups is 1. The van der Waals surface area contributed by atoms with Crippen LogP contribution in [0.2, 0.25) is 0 Å². The molecule has 0 bridgehead atoms. The molecule has 0 unspecified atom stereocenters. The summed E-state index contributed by atoms with van der Waals surface area (Å²) in [6, 6.07) is 12.5. The first-order valence-corrected chi connectivity index (χ1v) is 10.7. The van der Waals surface area contributed by atoms with Crippen molar-refractivity contribution in [2.75, 3.05) is 38.1 Å². The van der Waals surface area contributed by atoms with Gasteiger partial charge in [0, 0.05) is 18.8 Å². The second kappa shape index (κ2) is 9.15. The highest BCUT2D eigenvalue weighted by molar-refractivity contribution is 7.92. The van der Waals surface area contributed by atoms with E-state index in [4.69, 9.17) is 14.2 Å². The number of carbonyl (C=O) groups excluding carboxylic acids is 1. The molecule has 3 rings (SSSR count). The van der Waals surface area contributed by atoms with Crippen LogP contribution >= 0.6 is 0 Å². The quantitative estimate of drug-likeness (QED) is 0.737. The zero-order chi connectivity index (χ0) is 20.9. The molecule has 29 heavy (non-hydrogen) atoms. The van der Waals surface area contributed by atoms with Gasteiger partial charge < -0.3 is 19.1 Å². The number of benzene rings is 2. The SMILES string of the molecule is COc1ccc(NS(=O)(=O)c2ccc(O[C@@H](C)C(=O)N3CCOCC3)cc2)cc1. The molecule has 1 amide bonds. The molecule has 1 N–H and O–H groups in total. The van der Waals surface area contributed by atoms with E-state index in [1.165, 1.54) is 31.4 Å². The summed E-state index contributed by atoms with van der Waals surface area (Å²) in [4.78, 5) is 14.2. The molecule has 2 aromatic rings. The number of morpholine rings is 1. The molecule has 1 fully saturated rings. The maximum Gasteiger partial charge on any atom is 0.263 e. The smallest absolute Gasteiger partial charge is 0.263 e. The topological polar surface area (TPSA) is 94.2 Å². The van der Waals surface area contributed by atoms with E-state index in [0.29, 0.717) is 43.5 Å². The molecule has 0 radical (unpaired) electrons. The van der Waals surface area contributed by atoms with Gasteiger partial charge in [0.2, 0.25) is 0 Å². The Labute approximate surface area is 170 Å². The van der Waals surface area contributed by atoms with E-state index >= 15 is 0 Å². The highest BCUT2D eigenvalue weighted by atomic mass is 32.2. The third kappa shape index (κ3) is 5.39. The predicted molar refractivity (Wildman–Crippen MR) is 108 cm³/mol. The normalized spacial score (nSPS) is 15.4. The first kappa shape index (κ1) is 20.9. The summed E-state index contributed by atoms with van der Waals surface area (Å²) in [5.41, 5.74) is 0.427. The molecule has 0 saturated carbocycles. The molecule has 1 aliphatic rings. The molecule has 9 heteroatoms. The number of hydrogen-bond acceptors (Lipinski definition) is 6. The Kier molecular flexibility index (Phi) is 6.60. The first-order chi connectivity index (χ1) is 13.9. The molecule has 0 aliphatic carbocycles. The number of hydrogen-bond donors (Lipinski definition) is 1. The van der Waals surface area contributed by atoms with Crippen molar-refractivity contribution >= 4 is 21.6 Å². The van der Waals surface area contributed by atoms with Crippen LogP contribution in [0.5, 0.6) is 11.5 Å². The highest BCUT2D eigenvalue weighted by Gasteiger charge is 2.24. The third-order valence-electron chi connectivity index (χ3n) is 4.46. The van der Waals surface area contributed by atoms with Crippen molar-refractivity contribution in [2.24, 2.45) is 0 Å². The van der Waals surface area contributed by atoms with Crippen molar-refractivity contribution in [3.8, 4) is 11.5 Å². The van der Waals surface area contributed by atoms with Crippen LogP contribution in [0.4, 0.5) is 5.69 Å². The van der Waals surface area contributed by atoms with Crippen molar-refractivity contribution in [3.63, 3.8) is 0 Å². The lowest BCUT2D eigenvalue weighted by atomic mass is 10.3. The number of sulfonamides is 1. The van der Waals surface area contributed by atoms with Gasteiger partial charge in [-0.15, -0.1) is 0 Å². The van der Waals surface area contributed by atoms with E-state index in [9.17, 15) is 13.2 Å². The van der Waals surface area contributed by atoms with Gasteiger partial charge in [0.15, 0.2) is 6.10 Å². The number of nitrogens with one attached hydrogen (secondary N) is 1. The van der Waals surface area contributed by atoms with Crippen molar-refractivity contribution in [1.82, 2.24) is 4.90 Å². The van der Waals surface area contributed by atoms with E-state index in [1.807, 2.05) is 0 Å². The van der Waals surface area contributed by atoms with Crippen LogP contribution in [0.1, 0.15) is 6.92 Å². The van der Waals surface area contributed by atoms with Crippen LogP contribution in [-0.2, 0) is 19.6 Å². The van der Waals surface area contributed by atoms with E-state index in [0.717, 1.165) is 0 Å². The summed E-state index contributed by atoms with van der Waals surface area (Å²) < 4.78 is 43.6. The molecule has 0 aromatic heterocycles. The lowest BCUT2D eigenvalue weighted by Crippen LogP contribution is -2.46. The van der Waals surface area contributed by atoms with Gasteiger partial charge in [0.25, 0.3) is 15.9 Å². The Balaban J connectivity index is 1.62. The van der Waals surface area contributed by atoms with E-state index in [-0.39, 0.29) is 10.8 Å². The summed E-state index contributed by atoms with van der Waals surface area (Å²) in [6.07, 6.45) is -0.673. The van der Waals surface area contributed by atoms with Crippen molar-refractivity contribution in [1.29, 1.82) is 0 Å². The van der Waals surface area contributed by atoms with E-state index in [2.05, 4.69) is 4.72 Å². The number of amides is 1. The molecule has 1 saturated heterocycles. The van der Waals surface area contributed by atoms with Crippen LogP contribution < -0.4 is 14.2 Å². The average molecular weight is 420 g/mol. The number of anilines is 1. The molecule has 2 aromatic carbocycles. The second-order valence-corrected chi connectivity index (χ2v) is 8.19. The second-order valence-electron chi connectivity index (χ2n) is 6.50. The first-order valence-electron chi connectivity index (χ1n) is 9.19. The Morgan fingerprint density at radius 1 is 1.03 bits per heavy atom. The Morgan fingerprint density at radius 2 is 1.62 bits per heavy atom. The molecule has 8 nitrogen and oxygen atoms in total. The van der Waals surface area contributed by atoms with Crippen molar-refractivity contribution < 1.29 is 27.4 Å². The lowest BCUT2D eigenvalue weighted by Gasteiger charge is -2.29. The molecule has 1 atom stereocenters. The van der Waals surface area contributed by atoms with E-state index in [1.54, 1.807) is 36.1 Å². The van der Waals surface area contributed by atoms with Gasteiger partial charge >= 0.3 is 0 Å². The lowest BCUT2D eigenvalue weighted by molar-refractivity contribution is -0.142. The van der Waals surface area contributed by atoms with Crippen molar-refractivity contribution in [2.45, 2.75) is 17.9 Å². The Morgan fingerprint density at radius 3 is 2.21 bits per heavy atom. The van der Waals surface area contributed by atoms with E-state index < -0.39 is 16.1 Å². The fourth-order valence-corrected chi connectivity index (χ4v) is 3.92. The van der Waals surface area contributed by atoms with Gasteiger partial charge in [-0.2, -0.15) is 0 Å². The number of rotatable bonds is 7. The predicted octanol–water partition coefficient (Wildman–Crippen LogP) is 2.12. The Hall–Kier alpha value is -2.78. The monoisotopic (exact) mass is 420 g/mol. The summed E-state index contributed by atoms with van der Waals surface area (Å²) >= 11 is 0. The zero-order valence-corrected chi connectivity index (χ0v) is 17.1. The zero-order valence-electron chi connectivity index (χ0n) is 16.3. The van der Waals surface area contributed by atoms with Crippen molar-refractivity contribution in [3.05, 3.63) is 48.5 Å². The minimum atomic E-state index is -3.75. The summed E-state index contributed by atoms with van der Waals surface area (Å²) in [5, 5.41) is 0. The third-order valence-corrected chi connectivity index (χ3v) is 5.86. The number of ether oxygens (including phenoxy) is 3. The molecule has 1 aliphatic heterocycles. The fraction of sp³-hybridized carbons (Fsp3) is 0.350. The van der Waals surface area contributed by atoms with Gasteiger partial charge in [-0.05, 0) is 55.5 Å². The molecule has 156 valence electrons. The van der Waals surface area contributed by atoms with Crippen LogP contribution in [-0.4, -0.2) is 58.7 Å². The van der Waals surface area contributed by atoms with Gasteiger partial charge in [-0.3, -0.25) is 9.52 Å². The summed E-state index contributed by atoms with van der Waals surface area (Å²) in [7, 11) is -2.21. The number of methoxy groups -OCH3 is 1. The van der Waals surface area contributed by atoms with Gasteiger partial charge in [0.05, 0.1) is 25.2 Å². The maximum absolute atomic E-state index is 12.5. The number of nitrogens with zero attached hydrogens (tertiary/aromatic N) is 1. The molecular weight excluding hydrogens is 396 g/mol. The standard InChI is InChI=1S/C20H24N2O6S/c1-15(20(23)22-11-13-27-14-12-22)28-18-7-9-19(10-8-18)29(24,25)21-16-3-5-17(26-2)6-4-16/h3-10,15,21H,11-14H2,1-2H3/t15-/m0/s1. The van der Waals surface area contributed by atoms with Gasteiger partial charge in [0.1, 0.15) is 11.5 Å². The average Bonchev–Trinajstić information content (AvgIpc) is 2.74. The minimum Gasteiger partial charge on any atom is -0.497 e. The van der Waals surface area contributed by atoms with Crippen LogP contribution in [0.25, 0.3) is 0 Å². The molecule has 0 spiro atoms. The summed E-state index contributed by atoms with van der Waals surface area (Å²) in [5.74, 6) is 0.934. The largest absolute Gasteiger partial charge is 0.497 e. The molecular formula is C20H24N2O6S. The van der Waals surface area contributed by atoms with Crippen LogP contribution in [0.3, 0.4) is 0 Å². The highest BCUT2D eigenvalue weighted by Crippen LogP contribution is 2.22. The maximum atomic E-state index is 12.5. The van der Waals surface area contributed by atoms with Crippen LogP contribution in [0.15, 0.2) is 53.4 Å². The summed E-state index contributed by atoms with van der Waals surface area (Å²) in [6.45, 7) is 3.80. The van der Waals surface area contributed by atoms with Gasteiger partial charge in [-0.25, -0.2) is 8.42 Å². The fourth-order valence-electron chi connectivity index (χ4n) is 2.87. The molecule has 1 heterocycles.